The molecule has 0 bridgehead atoms. The zero-order valence-electron chi connectivity index (χ0n) is 15.5. The standard InChI is InChI=1S/C22H21N3O2/c1-3-25(13-7-12-23)19-11-10-18(16(2)14-19)15-20-22(26)27-21(24-20)17-8-5-4-6-9-17/h4-6,8-11,14-15H,3,7,13H2,1-2H3/b20-15-. The highest BCUT2D eigenvalue weighted by atomic mass is 16.6. The van der Waals surface area contributed by atoms with Gasteiger partial charge < -0.3 is 9.64 Å². The van der Waals surface area contributed by atoms with Crippen molar-refractivity contribution in [1.82, 2.24) is 0 Å². The zero-order valence-corrected chi connectivity index (χ0v) is 15.5. The molecule has 0 saturated carbocycles. The number of anilines is 1. The van der Waals surface area contributed by atoms with E-state index >= 15 is 0 Å². The quantitative estimate of drug-likeness (QED) is 0.576. The molecule has 2 aromatic carbocycles. The summed E-state index contributed by atoms with van der Waals surface area (Å²) in [6, 6.07) is 17.6. The highest BCUT2D eigenvalue weighted by Gasteiger charge is 2.24. The van der Waals surface area contributed by atoms with Crippen LogP contribution in [0.15, 0.2) is 59.2 Å². The number of hydrogen-bond acceptors (Lipinski definition) is 5. The monoisotopic (exact) mass is 359 g/mol. The summed E-state index contributed by atoms with van der Waals surface area (Å²) in [6.07, 6.45) is 2.24. The minimum atomic E-state index is -0.443. The number of esters is 1. The Labute approximate surface area is 159 Å². The Kier molecular flexibility index (Phi) is 5.68. The molecule has 0 amide bonds. The van der Waals surface area contributed by atoms with Crippen LogP contribution in [0.2, 0.25) is 0 Å². The molecule has 3 rings (SSSR count). The van der Waals surface area contributed by atoms with Crippen molar-refractivity contribution in [3.63, 3.8) is 0 Å². The lowest BCUT2D eigenvalue weighted by atomic mass is 10.1. The third-order valence-corrected chi connectivity index (χ3v) is 4.43. The van der Waals surface area contributed by atoms with Gasteiger partial charge in [0.15, 0.2) is 5.70 Å². The maximum atomic E-state index is 12.2. The largest absolute Gasteiger partial charge is 0.402 e. The molecule has 0 spiro atoms. The Morgan fingerprint density at radius 3 is 2.67 bits per heavy atom. The van der Waals surface area contributed by atoms with Crippen molar-refractivity contribution in [2.75, 3.05) is 18.0 Å². The van der Waals surface area contributed by atoms with Gasteiger partial charge in [-0.3, -0.25) is 0 Å². The van der Waals surface area contributed by atoms with Crippen LogP contribution in [-0.4, -0.2) is 25.0 Å². The van der Waals surface area contributed by atoms with Gasteiger partial charge in [-0.1, -0.05) is 24.3 Å². The molecule has 0 saturated heterocycles. The van der Waals surface area contributed by atoms with Crippen LogP contribution in [0.4, 0.5) is 5.69 Å². The van der Waals surface area contributed by atoms with Gasteiger partial charge in [-0.05, 0) is 55.3 Å². The minimum Gasteiger partial charge on any atom is -0.402 e. The van der Waals surface area contributed by atoms with E-state index in [-0.39, 0.29) is 0 Å². The SMILES string of the molecule is CCN(CCC#N)c1ccc(/C=C2\N=C(c3ccccc3)OC2=O)c(C)c1. The van der Waals surface area contributed by atoms with Gasteiger partial charge >= 0.3 is 5.97 Å². The number of rotatable bonds is 6. The van der Waals surface area contributed by atoms with E-state index in [9.17, 15) is 4.79 Å². The zero-order chi connectivity index (χ0) is 19.2. The molecule has 0 atom stereocenters. The van der Waals surface area contributed by atoms with E-state index in [2.05, 4.69) is 29.0 Å². The highest BCUT2D eigenvalue weighted by Crippen LogP contribution is 2.24. The third kappa shape index (κ3) is 4.24. The van der Waals surface area contributed by atoms with Crippen LogP contribution in [0.5, 0.6) is 0 Å². The Balaban J connectivity index is 1.85. The topological polar surface area (TPSA) is 65.7 Å². The van der Waals surface area contributed by atoms with Gasteiger partial charge in [-0.15, -0.1) is 0 Å². The van der Waals surface area contributed by atoms with Gasteiger partial charge in [-0.25, -0.2) is 9.79 Å². The predicted octanol–water partition coefficient (Wildman–Crippen LogP) is 4.08. The number of nitrogens with zero attached hydrogens (tertiary/aromatic N) is 3. The fraction of sp³-hybridized carbons (Fsp3) is 0.227. The smallest absolute Gasteiger partial charge is 0.363 e. The van der Waals surface area contributed by atoms with Gasteiger partial charge in [0.25, 0.3) is 0 Å². The van der Waals surface area contributed by atoms with Crippen molar-refractivity contribution in [2.45, 2.75) is 20.3 Å². The summed E-state index contributed by atoms with van der Waals surface area (Å²) >= 11 is 0. The summed E-state index contributed by atoms with van der Waals surface area (Å²) in [4.78, 5) is 18.7. The predicted molar refractivity (Wildman–Crippen MR) is 106 cm³/mol. The van der Waals surface area contributed by atoms with Crippen molar-refractivity contribution >= 4 is 23.6 Å². The van der Waals surface area contributed by atoms with Gasteiger partial charge in [0.05, 0.1) is 12.5 Å². The molecule has 136 valence electrons. The van der Waals surface area contributed by atoms with Crippen LogP contribution in [0.1, 0.15) is 30.0 Å². The molecule has 1 aliphatic heterocycles. The number of ether oxygens (including phenoxy) is 1. The lowest BCUT2D eigenvalue weighted by molar-refractivity contribution is -0.129. The van der Waals surface area contributed by atoms with Gasteiger partial charge in [-0.2, -0.15) is 5.26 Å². The number of carbonyl (C=O) groups is 1. The number of aliphatic imine (C=N–C) groups is 1. The Morgan fingerprint density at radius 1 is 1.22 bits per heavy atom. The summed E-state index contributed by atoms with van der Waals surface area (Å²) < 4.78 is 5.30. The fourth-order valence-corrected chi connectivity index (χ4v) is 2.93. The third-order valence-electron chi connectivity index (χ3n) is 4.43. The lowest BCUT2D eigenvalue weighted by Gasteiger charge is -2.22. The van der Waals surface area contributed by atoms with Crippen molar-refractivity contribution in [2.24, 2.45) is 4.99 Å². The van der Waals surface area contributed by atoms with Crippen LogP contribution in [0.3, 0.4) is 0 Å². The van der Waals surface area contributed by atoms with Crippen LogP contribution < -0.4 is 4.90 Å². The second-order valence-corrected chi connectivity index (χ2v) is 6.23. The maximum Gasteiger partial charge on any atom is 0.363 e. The molecule has 0 radical (unpaired) electrons. The van der Waals surface area contributed by atoms with Crippen molar-refractivity contribution < 1.29 is 9.53 Å². The summed E-state index contributed by atoms with van der Waals surface area (Å²) in [5.41, 5.74) is 4.08. The van der Waals surface area contributed by atoms with E-state index < -0.39 is 5.97 Å². The van der Waals surface area contributed by atoms with Crippen LogP contribution in [0.25, 0.3) is 6.08 Å². The van der Waals surface area contributed by atoms with Gasteiger partial charge in [0.1, 0.15) is 0 Å². The first-order chi connectivity index (χ1) is 13.1. The number of cyclic esters (lactones) is 1. The van der Waals surface area contributed by atoms with E-state index in [0.717, 1.165) is 28.9 Å². The van der Waals surface area contributed by atoms with Crippen molar-refractivity contribution in [3.05, 3.63) is 70.9 Å². The molecular weight excluding hydrogens is 338 g/mol. The molecule has 5 heteroatoms. The van der Waals surface area contributed by atoms with Crippen LogP contribution in [0, 0.1) is 18.3 Å². The molecule has 0 aromatic heterocycles. The number of nitriles is 1. The fourth-order valence-electron chi connectivity index (χ4n) is 2.93. The second kappa shape index (κ2) is 8.33. The van der Waals surface area contributed by atoms with E-state index in [1.54, 1.807) is 6.08 Å². The summed E-state index contributed by atoms with van der Waals surface area (Å²) in [5.74, 6) is -0.115. The molecule has 0 N–H and O–H groups in total. The minimum absolute atomic E-state index is 0.293. The van der Waals surface area contributed by atoms with Gasteiger partial charge in [0, 0.05) is 24.3 Å². The Morgan fingerprint density at radius 2 is 2.00 bits per heavy atom. The van der Waals surface area contributed by atoms with Crippen LogP contribution in [-0.2, 0) is 9.53 Å². The number of carbonyl (C=O) groups excluding carboxylic acids is 1. The molecule has 0 aliphatic carbocycles. The van der Waals surface area contributed by atoms with E-state index in [1.165, 1.54) is 0 Å². The van der Waals surface area contributed by atoms with Crippen molar-refractivity contribution in [3.8, 4) is 6.07 Å². The lowest BCUT2D eigenvalue weighted by Crippen LogP contribution is -2.23. The summed E-state index contributed by atoms with van der Waals surface area (Å²) in [7, 11) is 0. The Hall–Kier alpha value is -3.39. The maximum absolute atomic E-state index is 12.2. The molecule has 5 nitrogen and oxygen atoms in total. The average molecular weight is 359 g/mol. The van der Waals surface area contributed by atoms with Gasteiger partial charge in [0.2, 0.25) is 5.90 Å². The molecule has 1 heterocycles. The first-order valence-electron chi connectivity index (χ1n) is 8.93. The number of aryl methyl sites for hydroxylation is 1. The molecule has 0 unspecified atom stereocenters. The number of benzene rings is 2. The van der Waals surface area contributed by atoms with Crippen LogP contribution >= 0.6 is 0 Å². The van der Waals surface area contributed by atoms with E-state index in [0.29, 0.717) is 24.6 Å². The van der Waals surface area contributed by atoms with E-state index in [1.807, 2.05) is 49.4 Å². The first kappa shape index (κ1) is 18.4. The molecular formula is C22H21N3O2. The highest BCUT2D eigenvalue weighted by molar-refractivity contribution is 6.12. The molecule has 2 aromatic rings. The summed E-state index contributed by atoms with van der Waals surface area (Å²) in [5, 5.41) is 8.80. The number of hydrogen-bond donors (Lipinski definition) is 0. The molecule has 0 fully saturated rings. The Bertz CT molecular complexity index is 940. The van der Waals surface area contributed by atoms with Crippen molar-refractivity contribution in [1.29, 1.82) is 5.26 Å². The molecule has 27 heavy (non-hydrogen) atoms. The average Bonchev–Trinajstić information content (AvgIpc) is 3.05. The summed E-state index contributed by atoms with van der Waals surface area (Å²) in [6.45, 7) is 5.59. The normalized spacial score (nSPS) is 14.6. The van der Waals surface area contributed by atoms with E-state index in [4.69, 9.17) is 10.00 Å². The second-order valence-electron chi connectivity index (χ2n) is 6.23. The first-order valence-corrected chi connectivity index (χ1v) is 8.93. The molecule has 1 aliphatic rings.